The van der Waals surface area contributed by atoms with Gasteiger partial charge >= 0.3 is 0 Å². The lowest BCUT2D eigenvalue weighted by Crippen LogP contribution is -2.28. The molecule has 0 bridgehead atoms. The largest absolute Gasteiger partial charge is 0.312 e. The van der Waals surface area contributed by atoms with Gasteiger partial charge in [0.1, 0.15) is 0 Å². The summed E-state index contributed by atoms with van der Waals surface area (Å²) < 4.78 is 0. The molecule has 2 heteroatoms. The molecule has 30 heavy (non-hydrogen) atoms. The van der Waals surface area contributed by atoms with Crippen LogP contribution in [0.15, 0.2) is 97.1 Å². The van der Waals surface area contributed by atoms with Crippen molar-refractivity contribution in [3.63, 3.8) is 0 Å². The molecule has 0 aliphatic carbocycles. The zero-order chi connectivity index (χ0) is 21.2. The van der Waals surface area contributed by atoms with Gasteiger partial charge in [0.2, 0.25) is 0 Å². The van der Waals surface area contributed by atoms with Crippen molar-refractivity contribution in [1.29, 1.82) is 0 Å². The van der Waals surface area contributed by atoms with Gasteiger partial charge in [-0.2, -0.15) is 0 Å². The van der Waals surface area contributed by atoms with Crippen molar-refractivity contribution in [2.24, 2.45) is 5.73 Å². The van der Waals surface area contributed by atoms with Crippen LogP contribution in [0.3, 0.4) is 0 Å². The van der Waals surface area contributed by atoms with Crippen LogP contribution < -0.4 is 11.1 Å². The molecule has 150 valence electrons. The molecule has 0 aromatic heterocycles. The Bertz CT molecular complexity index is 1060. The van der Waals surface area contributed by atoms with Crippen LogP contribution >= 0.6 is 0 Å². The molecule has 0 spiro atoms. The standard InChI is InChI=1S/C28H28N2/c1-3-5-13-23(11-4-2)25-16-9-12-22(19-25)21-30-28(29)27-18-10-17-26(20-27)24-14-7-6-8-15-24/h2-3,5-10,12-20,28,30H,11,21,29H2,1H3/b5-3-,23-13+. The average Bonchev–Trinajstić information content (AvgIpc) is 2.81. The van der Waals surface area contributed by atoms with Crippen molar-refractivity contribution in [2.45, 2.75) is 26.1 Å². The summed E-state index contributed by atoms with van der Waals surface area (Å²) in [6.07, 6.45) is 12.0. The van der Waals surface area contributed by atoms with Crippen LogP contribution in [0.25, 0.3) is 16.7 Å². The second kappa shape index (κ2) is 11.0. The van der Waals surface area contributed by atoms with Crippen LogP contribution in [0.1, 0.15) is 36.2 Å². The molecule has 0 heterocycles. The van der Waals surface area contributed by atoms with Crippen molar-refractivity contribution in [3.05, 3.63) is 114 Å². The molecule has 0 fully saturated rings. The molecule has 3 N–H and O–H groups in total. The van der Waals surface area contributed by atoms with E-state index in [9.17, 15) is 0 Å². The van der Waals surface area contributed by atoms with E-state index in [1.54, 1.807) is 0 Å². The fourth-order valence-corrected chi connectivity index (χ4v) is 3.35. The minimum atomic E-state index is -0.249. The maximum atomic E-state index is 6.44. The van der Waals surface area contributed by atoms with E-state index >= 15 is 0 Å². The summed E-state index contributed by atoms with van der Waals surface area (Å²) >= 11 is 0. The monoisotopic (exact) mass is 392 g/mol. The molecule has 1 unspecified atom stereocenters. The summed E-state index contributed by atoms with van der Waals surface area (Å²) in [5.41, 5.74) is 13.3. The van der Waals surface area contributed by atoms with Crippen molar-refractivity contribution in [2.75, 3.05) is 0 Å². The Morgan fingerprint density at radius 3 is 2.53 bits per heavy atom. The number of nitrogens with one attached hydrogen (secondary N) is 1. The van der Waals surface area contributed by atoms with Gasteiger partial charge in [0.25, 0.3) is 0 Å². The molecule has 0 radical (unpaired) electrons. The first-order chi connectivity index (χ1) is 14.7. The fraction of sp³-hybridized carbons (Fsp3) is 0.143. The van der Waals surface area contributed by atoms with Gasteiger partial charge in [-0.25, -0.2) is 0 Å². The summed E-state index contributed by atoms with van der Waals surface area (Å²) in [6, 6.07) is 27.1. The number of benzene rings is 3. The van der Waals surface area contributed by atoms with Gasteiger partial charge in [0.15, 0.2) is 0 Å². The lowest BCUT2D eigenvalue weighted by atomic mass is 10.00. The van der Waals surface area contributed by atoms with Gasteiger partial charge in [-0.3, -0.25) is 5.32 Å². The molecule has 2 nitrogen and oxygen atoms in total. The predicted octanol–water partition coefficient (Wildman–Crippen LogP) is 6.08. The minimum Gasteiger partial charge on any atom is -0.312 e. The van der Waals surface area contributed by atoms with E-state index in [1.807, 2.05) is 37.3 Å². The van der Waals surface area contributed by atoms with Gasteiger partial charge in [0.05, 0.1) is 6.17 Å². The van der Waals surface area contributed by atoms with Crippen LogP contribution in [-0.4, -0.2) is 0 Å². The van der Waals surface area contributed by atoms with E-state index in [2.05, 4.69) is 78.0 Å². The zero-order valence-electron chi connectivity index (χ0n) is 17.4. The Balaban J connectivity index is 1.71. The highest BCUT2D eigenvalue weighted by Gasteiger charge is 2.08. The molecular weight excluding hydrogens is 364 g/mol. The molecular formula is C28H28N2. The van der Waals surface area contributed by atoms with Crippen LogP contribution in [0, 0.1) is 12.3 Å². The van der Waals surface area contributed by atoms with Crippen molar-refractivity contribution in [3.8, 4) is 23.5 Å². The van der Waals surface area contributed by atoms with E-state index < -0.39 is 0 Å². The van der Waals surface area contributed by atoms with Crippen molar-refractivity contribution in [1.82, 2.24) is 5.32 Å². The summed E-state index contributed by atoms with van der Waals surface area (Å²) in [4.78, 5) is 0. The fourth-order valence-electron chi connectivity index (χ4n) is 3.35. The van der Waals surface area contributed by atoms with Gasteiger partial charge in [-0.05, 0) is 46.4 Å². The average molecular weight is 393 g/mol. The molecule has 0 saturated carbocycles. The van der Waals surface area contributed by atoms with Crippen LogP contribution in [0.4, 0.5) is 0 Å². The number of hydrogen-bond donors (Lipinski definition) is 2. The Morgan fingerprint density at radius 2 is 1.77 bits per heavy atom. The highest BCUT2D eigenvalue weighted by Crippen LogP contribution is 2.23. The maximum absolute atomic E-state index is 6.44. The van der Waals surface area contributed by atoms with E-state index in [0.29, 0.717) is 13.0 Å². The molecule has 0 amide bonds. The van der Waals surface area contributed by atoms with Gasteiger partial charge in [0, 0.05) is 13.0 Å². The minimum absolute atomic E-state index is 0.249. The predicted molar refractivity (Wildman–Crippen MR) is 128 cm³/mol. The number of terminal acetylenes is 1. The third-order valence-electron chi connectivity index (χ3n) is 4.96. The third-order valence-corrected chi connectivity index (χ3v) is 4.96. The van der Waals surface area contributed by atoms with Gasteiger partial charge in [-0.15, -0.1) is 12.3 Å². The van der Waals surface area contributed by atoms with E-state index in [0.717, 1.165) is 16.7 Å². The second-order valence-electron chi connectivity index (χ2n) is 7.15. The third kappa shape index (κ3) is 5.81. The lowest BCUT2D eigenvalue weighted by molar-refractivity contribution is 0.552. The first-order valence-electron chi connectivity index (χ1n) is 10.2. The van der Waals surface area contributed by atoms with E-state index in [1.165, 1.54) is 16.7 Å². The van der Waals surface area contributed by atoms with Crippen molar-refractivity contribution < 1.29 is 0 Å². The molecule has 1 atom stereocenters. The first kappa shape index (κ1) is 21.3. The summed E-state index contributed by atoms with van der Waals surface area (Å²) in [7, 11) is 0. The van der Waals surface area contributed by atoms with Crippen LogP contribution in [0.5, 0.6) is 0 Å². The smallest absolute Gasteiger partial charge is 0.0812 e. The molecule has 0 saturated heterocycles. The first-order valence-corrected chi connectivity index (χ1v) is 10.2. The van der Waals surface area contributed by atoms with Crippen molar-refractivity contribution >= 4 is 5.57 Å². The summed E-state index contributed by atoms with van der Waals surface area (Å²) in [5.74, 6) is 2.75. The highest BCUT2D eigenvalue weighted by atomic mass is 15.0. The number of allylic oxidation sites excluding steroid dienone is 4. The zero-order valence-corrected chi connectivity index (χ0v) is 17.4. The Hall–Kier alpha value is -3.38. The summed E-state index contributed by atoms with van der Waals surface area (Å²) in [6.45, 7) is 2.68. The second-order valence-corrected chi connectivity index (χ2v) is 7.15. The Labute approximate surface area is 180 Å². The molecule has 3 aromatic rings. The lowest BCUT2D eigenvalue weighted by Gasteiger charge is -2.16. The molecule has 0 aliphatic rings. The highest BCUT2D eigenvalue weighted by molar-refractivity contribution is 5.69. The quantitative estimate of drug-likeness (QED) is 0.277. The maximum Gasteiger partial charge on any atom is 0.0812 e. The topological polar surface area (TPSA) is 38.0 Å². The molecule has 3 rings (SSSR count). The number of rotatable bonds is 8. The van der Waals surface area contributed by atoms with Crippen LogP contribution in [-0.2, 0) is 6.54 Å². The summed E-state index contributed by atoms with van der Waals surface area (Å²) in [5, 5.41) is 3.44. The van der Waals surface area contributed by atoms with E-state index in [-0.39, 0.29) is 6.17 Å². The van der Waals surface area contributed by atoms with Gasteiger partial charge in [-0.1, -0.05) is 91.0 Å². The molecule has 0 aliphatic heterocycles. The Morgan fingerprint density at radius 1 is 1.00 bits per heavy atom. The normalized spacial score (nSPS) is 12.6. The van der Waals surface area contributed by atoms with Gasteiger partial charge < -0.3 is 5.73 Å². The SMILES string of the molecule is C#CC/C(=C\C=C/C)c1cccc(CNC(N)c2cccc(-c3ccccc3)c2)c1. The van der Waals surface area contributed by atoms with Crippen LogP contribution in [0.2, 0.25) is 0 Å². The number of hydrogen-bond acceptors (Lipinski definition) is 2. The molecule has 3 aromatic carbocycles. The Kier molecular flexibility index (Phi) is 7.80. The number of nitrogens with two attached hydrogens (primary N) is 1. The van der Waals surface area contributed by atoms with E-state index in [4.69, 9.17) is 12.2 Å².